The smallest absolute Gasteiger partial charge is 0.254 e. The molecule has 7 heteroatoms. The standard InChI is InChI=1S/C16H15ClN4O2/c1-18-9-14-19-6-10(7-20-14)16(22)21-8-12-11-4-2-3-5-13(11)23-15(12)17/h2-7,18H,8-9H2,1H3,(H,21,22). The van der Waals surface area contributed by atoms with Crippen LogP contribution >= 0.6 is 11.6 Å². The van der Waals surface area contributed by atoms with Crippen LogP contribution in [-0.2, 0) is 13.1 Å². The number of hydrogen-bond acceptors (Lipinski definition) is 5. The second kappa shape index (κ2) is 6.76. The van der Waals surface area contributed by atoms with Crippen molar-refractivity contribution in [3.63, 3.8) is 0 Å². The lowest BCUT2D eigenvalue weighted by atomic mass is 10.2. The van der Waals surface area contributed by atoms with Crippen LogP contribution in [-0.4, -0.2) is 22.9 Å². The number of carbonyl (C=O) groups excluding carboxylic acids is 1. The van der Waals surface area contributed by atoms with Gasteiger partial charge >= 0.3 is 0 Å². The number of rotatable bonds is 5. The van der Waals surface area contributed by atoms with Crippen molar-refractivity contribution in [1.82, 2.24) is 20.6 Å². The highest BCUT2D eigenvalue weighted by Crippen LogP contribution is 2.29. The molecule has 2 N–H and O–H groups in total. The molecule has 0 radical (unpaired) electrons. The Morgan fingerprint density at radius 2 is 1.96 bits per heavy atom. The van der Waals surface area contributed by atoms with Crippen LogP contribution in [0.3, 0.4) is 0 Å². The second-order valence-electron chi connectivity index (χ2n) is 4.95. The van der Waals surface area contributed by atoms with Crippen molar-refractivity contribution >= 4 is 28.5 Å². The van der Waals surface area contributed by atoms with Crippen LogP contribution in [0.1, 0.15) is 21.7 Å². The van der Waals surface area contributed by atoms with E-state index in [-0.39, 0.29) is 17.7 Å². The lowest BCUT2D eigenvalue weighted by Gasteiger charge is -2.05. The average molecular weight is 331 g/mol. The minimum atomic E-state index is -0.262. The van der Waals surface area contributed by atoms with Gasteiger partial charge in [-0.1, -0.05) is 18.2 Å². The van der Waals surface area contributed by atoms with E-state index in [1.54, 1.807) is 0 Å². The zero-order valence-electron chi connectivity index (χ0n) is 12.5. The molecule has 0 aliphatic carbocycles. The van der Waals surface area contributed by atoms with Crippen LogP contribution < -0.4 is 10.6 Å². The highest BCUT2D eigenvalue weighted by atomic mass is 35.5. The maximum absolute atomic E-state index is 12.2. The van der Waals surface area contributed by atoms with E-state index in [2.05, 4.69) is 20.6 Å². The maximum atomic E-state index is 12.2. The molecule has 23 heavy (non-hydrogen) atoms. The number of carbonyl (C=O) groups is 1. The van der Waals surface area contributed by atoms with E-state index in [0.29, 0.717) is 23.5 Å². The zero-order chi connectivity index (χ0) is 16.2. The normalized spacial score (nSPS) is 10.9. The molecule has 0 saturated heterocycles. The first-order valence-corrected chi connectivity index (χ1v) is 7.46. The molecule has 118 valence electrons. The molecule has 3 rings (SSSR count). The third-order valence-corrected chi connectivity index (χ3v) is 3.68. The van der Waals surface area contributed by atoms with E-state index >= 15 is 0 Å². The van der Waals surface area contributed by atoms with Gasteiger partial charge in [0, 0.05) is 29.9 Å². The predicted molar refractivity (Wildman–Crippen MR) is 87.2 cm³/mol. The van der Waals surface area contributed by atoms with Gasteiger partial charge in [-0.2, -0.15) is 0 Å². The number of benzene rings is 1. The van der Waals surface area contributed by atoms with Gasteiger partial charge in [-0.25, -0.2) is 9.97 Å². The third-order valence-electron chi connectivity index (χ3n) is 3.38. The summed E-state index contributed by atoms with van der Waals surface area (Å²) in [5.41, 5.74) is 1.85. The maximum Gasteiger partial charge on any atom is 0.254 e. The minimum absolute atomic E-state index is 0.262. The molecule has 0 bridgehead atoms. The Bertz CT molecular complexity index is 830. The van der Waals surface area contributed by atoms with Crippen LogP contribution in [0.5, 0.6) is 0 Å². The first-order chi connectivity index (χ1) is 11.2. The molecule has 0 fully saturated rings. The zero-order valence-corrected chi connectivity index (χ0v) is 13.2. The lowest BCUT2D eigenvalue weighted by molar-refractivity contribution is 0.0950. The molecular weight excluding hydrogens is 316 g/mol. The van der Waals surface area contributed by atoms with Gasteiger partial charge in [0.15, 0.2) is 5.22 Å². The molecule has 1 aromatic carbocycles. The summed E-state index contributed by atoms with van der Waals surface area (Å²) in [6, 6.07) is 7.51. The van der Waals surface area contributed by atoms with Crippen LogP contribution in [0.2, 0.25) is 5.22 Å². The summed E-state index contributed by atoms with van der Waals surface area (Å²) in [5.74, 6) is 0.371. The Balaban J connectivity index is 1.71. The van der Waals surface area contributed by atoms with Crippen molar-refractivity contribution in [2.75, 3.05) is 7.05 Å². The summed E-state index contributed by atoms with van der Waals surface area (Å²) in [6.45, 7) is 0.825. The lowest BCUT2D eigenvalue weighted by Crippen LogP contribution is -2.23. The van der Waals surface area contributed by atoms with E-state index in [1.165, 1.54) is 12.4 Å². The number of nitrogens with one attached hydrogen (secondary N) is 2. The number of halogens is 1. The largest absolute Gasteiger partial charge is 0.444 e. The van der Waals surface area contributed by atoms with E-state index in [4.69, 9.17) is 16.0 Å². The van der Waals surface area contributed by atoms with Gasteiger partial charge in [0.05, 0.1) is 12.1 Å². The number of amides is 1. The summed E-state index contributed by atoms with van der Waals surface area (Å²) < 4.78 is 5.46. The molecule has 3 aromatic rings. The highest BCUT2D eigenvalue weighted by molar-refractivity contribution is 6.30. The number of nitrogens with zero attached hydrogens (tertiary/aromatic N) is 2. The Morgan fingerprint density at radius 1 is 1.22 bits per heavy atom. The molecule has 0 aliphatic heterocycles. The SMILES string of the molecule is CNCc1ncc(C(=O)NCc2c(Cl)oc3ccccc23)cn1. The number of aromatic nitrogens is 2. The molecule has 6 nitrogen and oxygen atoms in total. The van der Waals surface area contributed by atoms with Gasteiger partial charge in [-0.05, 0) is 24.7 Å². The fraction of sp³-hybridized carbons (Fsp3) is 0.188. The van der Waals surface area contributed by atoms with Gasteiger partial charge in [0.2, 0.25) is 0 Å². The summed E-state index contributed by atoms with van der Waals surface area (Å²) in [5, 5.41) is 6.93. The quantitative estimate of drug-likeness (QED) is 0.751. The van der Waals surface area contributed by atoms with Crippen LogP contribution in [0, 0.1) is 0 Å². The Hall–Kier alpha value is -2.44. The predicted octanol–water partition coefficient (Wildman–Crippen LogP) is 2.53. The van der Waals surface area contributed by atoms with Crippen molar-refractivity contribution in [2.24, 2.45) is 0 Å². The highest BCUT2D eigenvalue weighted by Gasteiger charge is 2.14. The Labute approximate surface area is 137 Å². The van der Waals surface area contributed by atoms with Gasteiger partial charge in [0.25, 0.3) is 5.91 Å². The number of fused-ring (bicyclic) bond motifs is 1. The van der Waals surface area contributed by atoms with E-state index in [0.717, 1.165) is 10.9 Å². The number of hydrogen-bond donors (Lipinski definition) is 2. The van der Waals surface area contributed by atoms with E-state index < -0.39 is 0 Å². The third kappa shape index (κ3) is 3.33. The van der Waals surface area contributed by atoms with Gasteiger partial charge < -0.3 is 15.1 Å². The van der Waals surface area contributed by atoms with Gasteiger partial charge in [0.1, 0.15) is 11.4 Å². The van der Waals surface area contributed by atoms with Crippen molar-refractivity contribution < 1.29 is 9.21 Å². The topological polar surface area (TPSA) is 80.0 Å². The molecule has 1 amide bonds. The molecule has 2 aromatic heterocycles. The molecule has 0 saturated carbocycles. The van der Waals surface area contributed by atoms with Crippen LogP contribution in [0.25, 0.3) is 11.0 Å². The van der Waals surface area contributed by atoms with Gasteiger partial charge in [-0.3, -0.25) is 4.79 Å². The van der Waals surface area contributed by atoms with E-state index in [9.17, 15) is 4.79 Å². The molecular formula is C16H15ClN4O2. The molecule has 0 unspecified atom stereocenters. The number of furan rings is 1. The number of para-hydroxylation sites is 1. The van der Waals surface area contributed by atoms with Crippen molar-refractivity contribution in [2.45, 2.75) is 13.1 Å². The summed E-state index contributed by atoms with van der Waals surface area (Å²) in [6.07, 6.45) is 3.01. The molecule has 0 aliphatic rings. The minimum Gasteiger partial charge on any atom is -0.444 e. The second-order valence-corrected chi connectivity index (χ2v) is 5.29. The van der Waals surface area contributed by atoms with E-state index in [1.807, 2.05) is 31.3 Å². The van der Waals surface area contributed by atoms with Crippen molar-refractivity contribution in [3.05, 3.63) is 58.8 Å². The van der Waals surface area contributed by atoms with Gasteiger partial charge in [-0.15, -0.1) is 0 Å². The summed E-state index contributed by atoms with van der Waals surface area (Å²) in [4.78, 5) is 20.4. The fourth-order valence-corrected chi connectivity index (χ4v) is 2.48. The average Bonchev–Trinajstić information content (AvgIpc) is 2.89. The summed E-state index contributed by atoms with van der Waals surface area (Å²) in [7, 11) is 1.81. The molecule has 0 spiro atoms. The Morgan fingerprint density at radius 3 is 2.70 bits per heavy atom. The first kappa shape index (κ1) is 15.5. The van der Waals surface area contributed by atoms with Crippen LogP contribution in [0.15, 0.2) is 41.1 Å². The molecule has 0 atom stereocenters. The monoisotopic (exact) mass is 330 g/mol. The Kier molecular flexibility index (Phi) is 4.55. The summed E-state index contributed by atoms with van der Waals surface area (Å²) >= 11 is 6.10. The first-order valence-electron chi connectivity index (χ1n) is 7.08. The van der Waals surface area contributed by atoms with Crippen molar-refractivity contribution in [3.8, 4) is 0 Å². The molecule has 2 heterocycles. The fourth-order valence-electron chi connectivity index (χ4n) is 2.23. The van der Waals surface area contributed by atoms with Crippen LogP contribution in [0.4, 0.5) is 0 Å². The van der Waals surface area contributed by atoms with Crippen molar-refractivity contribution in [1.29, 1.82) is 0 Å².